The van der Waals surface area contributed by atoms with Gasteiger partial charge in [0.15, 0.2) is 5.16 Å². The molecule has 2 rings (SSSR count). The van der Waals surface area contributed by atoms with E-state index < -0.39 is 0 Å². The number of halogens is 1. The molecule has 0 atom stereocenters. The SMILES string of the molecule is CCNc1cc(Oc2ccc(C)c(F)c2)nc(SC)n1. The van der Waals surface area contributed by atoms with Crippen LogP contribution in [0.5, 0.6) is 11.6 Å². The summed E-state index contributed by atoms with van der Waals surface area (Å²) >= 11 is 1.42. The van der Waals surface area contributed by atoms with Crippen molar-refractivity contribution in [3.63, 3.8) is 0 Å². The molecule has 1 heterocycles. The van der Waals surface area contributed by atoms with Gasteiger partial charge in [0.2, 0.25) is 5.88 Å². The molecule has 0 aliphatic heterocycles. The van der Waals surface area contributed by atoms with E-state index in [1.807, 2.05) is 13.2 Å². The third-order valence-corrected chi connectivity index (χ3v) is 3.14. The third-order valence-electron chi connectivity index (χ3n) is 2.59. The number of rotatable bonds is 5. The van der Waals surface area contributed by atoms with Gasteiger partial charge in [-0.05, 0) is 31.7 Å². The minimum atomic E-state index is -0.298. The van der Waals surface area contributed by atoms with Crippen molar-refractivity contribution in [3.8, 4) is 11.6 Å². The summed E-state index contributed by atoms with van der Waals surface area (Å²) in [7, 11) is 0. The van der Waals surface area contributed by atoms with Crippen LogP contribution >= 0.6 is 11.8 Å². The van der Waals surface area contributed by atoms with E-state index in [9.17, 15) is 4.39 Å². The maximum Gasteiger partial charge on any atom is 0.225 e. The van der Waals surface area contributed by atoms with E-state index in [1.165, 1.54) is 17.8 Å². The first-order valence-corrected chi connectivity index (χ1v) is 7.45. The highest BCUT2D eigenvalue weighted by molar-refractivity contribution is 7.98. The van der Waals surface area contributed by atoms with Crippen LogP contribution in [-0.4, -0.2) is 22.8 Å². The Hall–Kier alpha value is -1.82. The number of hydrogen-bond donors (Lipinski definition) is 1. The van der Waals surface area contributed by atoms with Crippen LogP contribution < -0.4 is 10.1 Å². The minimum Gasteiger partial charge on any atom is -0.439 e. The number of nitrogens with one attached hydrogen (secondary N) is 1. The zero-order valence-corrected chi connectivity index (χ0v) is 12.4. The van der Waals surface area contributed by atoms with E-state index in [1.54, 1.807) is 25.1 Å². The molecule has 0 radical (unpaired) electrons. The normalized spacial score (nSPS) is 10.4. The molecule has 0 bridgehead atoms. The molecule has 0 spiro atoms. The van der Waals surface area contributed by atoms with E-state index in [-0.39, 0.29) is 5.82 Å². The highest BCUT2D eigenvalue weighted by Gasteiger charge is 2.07. The van der Waals surface area contributed by atoms with Crippen molar-refractivity contribution in [2.24, 2.45) is 0 Å². The fourth-order valence-electron chi connectivity index (χ4n) is 1.58. The lowest BCUT2D eigenvalue weighted by atomic mass is 10.2. The van der Waals surface area contributed by atoms with E-state index in [2.05, 4.69) is 15.3 Å². The van der Waals surface area contributed by atoms with Gasteiger partial charge < -0.3 is 10.1 Å². The molecule has 0 amide bonds. The summed E-state index contributed by atoms with van der Waals surface area (Å²) < 4.78 is 19.1. The lowest BCUT2D eigenvalue weighted by molar-refractivity contribution is 0.451. The molecule has 0 unspecified atom stereocenters. The summed E-state index contributed by atoms with van der Waals surface area (Å²) in [5.41, 5.74) is 0.582. The van der Waals surface area contributed by atoms with Gasteiger partial charge in [-0.1, -0.05) is 17.8 Å². The van der Waals surface area contributed by atoms with Crippen LogP contribution in [0.25, 0.3) is 0 Å². The zero-order valence-electron chi connectivity index (χ0n) is 11.6. The second-order valence-electron chi connectivity index (χ2n) is 4.12. The summed E-state index contributed by atoms with van der Waals surface area (Å²) in [6.07, 6.45) is 1.89. The molecule has 0 saturated heterocycles. The Labute approximate surface area is 121 Å². The number of hydrogen-bond acceptors (Lipinski definition) is 5. The van der Waals surface area contributed by atoms with Crippen molar-refractivity contribution >= 4 is 17.6 Å². The average Bonchev–Trinajstić information content (AvgIpc) is 2.43. The summed E-state index contributed by atoms with van der Waals surface area (Å²) in [4.78, 5) is 8.55. The van der Waals surface area contributed by atoms with Crippen LogP contribution in [0.15, 0.2) is 29.4 Å². The van der Waals surface area contributed by atoms with Crippen LogP contribution in [0.4, 0.5) is 10.2 Å². The smallest absolute Gasteiger partial charge is 0.225 e. The van der Waals surface area contributed by atoms with Gasteiger partial charge in [0, 0.05) is 18.7 Å². The molecule has 0 aliphatic carbocycles. The van der Waals surface area contributed by atoms with Gasteiger partial charge in [-0.25, -0.2) is 9.37 Å². The first-order valence-electron chi connectivity index (χ1n) is 6.23. The van der Waals surface area contributed by atoms with E-state index in [0.717, 1.165) is 6.54 Å². The molecule has 1 N–H and O–H groups in total. The number of thioether (sulfide) groups is 1. The molecule has 0 saturated carbocycles. The number of anilines is 1. The predicted octanol–water partition coefficient (Wildman–Crippen LogP) is 3.87. The standard InChI is InChI=1S/C14H16FN3OS/c1-4-16-12-8-13(18-14(17-12)20-3)19-10-6-5-9(2)11(15)7-10/h5-8H,4H2,1-3H3,(H,16,17,18). The molecule has 20 heavy (non-hydrogen) atoms. The van der Waals surface area contributed by atoms with Crippen molar-refractivity contribution in [1.82, 2.24) is 9.97 Å². The second kappa shape index (κ2) is 6.56. The summed E-state index contributed by atoms with van der Waals surface area (Å²) in [5, 5.41) is 3.71. The van der Waals surface area contributed by atoms with Gasteiger partial charge in [0.25, 0.3) is 0 Å². The van der Waals surface area contributed by atoms with Crippen LogP contribution in [0.2, 0.25) is 0 Å². The Morgan fingerprint density at radius 2 is 2.10 bits per heavy atom. The second-order valence-corrected chi connectivity index (χ2v) is 4.89. The van der Waals surface area contributed by atoms with E-state index in [0.29, 0.717) is 28.2 Å². The number of aromatic nitrogens is 2. The maximum atomic E-state index is 13.5. The quantitative estimate of drug-likeness (QED) is 0.670. The van der Waals surface area contributed by atoms with Crippen LogP contribution in [0.3, 0.4) is 0 Å². The maximum absolute atomic E-state index is 13.5. The third kappa shape index (κ3) is 3.60. The fraction of sp³-hybridized carbons (Fsp3) is 0.286. The minimum absolute atomic E-state index is 0.298. The number of nitrogens with zero attached hydrogens (tertiary/aromatic N) is 2. The zero-order chi connectivity index (χ0) is 14.5. The monoisotopic (exact) mass is 293 g/mol. The molecule has 0 aliphatic rings. The molecular weight excluding hydrogens is 277 g/mol. The molecule has 0 fully saturated rings. The van der Waals surface area contributed by atoms with Crippen LogP contribution in [0.1, 0.15) is 12.5 Å². The van der Waals surface area contributed by atoms with Gasteiger partial charge in [-0.2, -0.15) is 4.98 Å². The van der Waals surface area contributed by atoms with Gasteiger partial charge in [-0.15, -0.1) is 0 Å². The predicted molar refractivity (Wildman–Crippen MR) is 79.2 cm³/mol. The first-order chi connectivity index (χ1) is 9.62. The number of benzene rings is 1. The summed E-state index contributed by atoms with van der Waals surface area (Å²) in [5.74, 6) is 1.20. The van der Waals surface area contributed by atoms with Crippen molar-refractivity contribution in [1.29, 1.82) is 0 Å². The molecular formula is C14H16FN3OS. The Bertz CT molecular complexity index is 607. The molecule has 2 aromatic rings. The Morgan fingerprint density at radius 3 is 2.75 bits per heavy atom. The van der Waals surface area contributed by atoms with Crippen molar-refractivity contribution < 1.29 is 9.13 Å². The number of ether oxygens (including phenoxy) is 1. The van der Waals surface area contributed by atoms with Gasteiger partial charge in [0.05, 0.1) is 0 Å². The first kappa shape index (κ1) is 14.6. The topological polar surface area (TPSA) is 47.0 Å². The molecule has 106 valence electrons. The largest absolute Gasteiger partial charge is 0.439 e. The molecule has 1 aromatic heterocycles. The van der Waals surface area contributed by atoms with Gasteiger partial charge >= 0.3 is 0 Å². The van der Waals surface area contributed by atoms with E-state index >= 15 is 0 Å². The molecule has 1 aromatic carbocycles. The lowest BCUT2D eigenvalue weighted by Gasteiger charge is -2.09. The van der Waals surface area contributed by atoms with Crippen LogP contribution in [0, 0.1) is 12.7 Å². The van der Waals surface area contributed by atoms with Crippen molar-refractivity contribution in [2.45, 2.75) is 19.0 Å². The Kier molecular flexibility index (Phi) is 4.79. The van der Waals surface area contributed by atoms with Gasteiger partial charge in [0.1, 0.15) is 17.4 Å². The summed E-state index contributed by atoms with van der Waals surface area (Å²) in [6, 6.07) is 6.43. The van der Waals surface area contributed by atoms with Crippen molar-refractivity contribution in [3.05, 3.63) is 35.6 Å². The number of aryl methyl sites for hydroxylation is 1. The van der Waals surface area contributed by atoms with Gasteiger partial charge in [-0.3, -0.25) is 0 Å². The Morgan fingerprint density at radius 1 is 1.30 bits per heavy atom. The molecule has 4 nitrogen and oxygen atoms in total. The molecule has 6 heteroatoms. The average molecular weight is 293 g/mol. The summed E-state index contributed by atoms with van der Waals surface area (Å²) in [6.45, 7) is 4.44. The fourth-order valence-corrected chi connectivity index (χ4v) is 1.95. The lowest BCUT2D eigenvalue weighted by Crippen LogP contribution is -2.02. The van der Waals surface area contributed by atoms with Crippen LogP contribution in [-0.2, 0) is 0 Å². The van der Waals surface area contributed by atoms with E-state index in [4.69, 9.17) is 4.74 Å². The Balaban J connectivity index is 2.27. The highest BCUT2D eigenvalue weighted by Crippen LogP contribution is 2.25. The van der Waals surface area contributed by atoms with Crippen molar-refractivity contribution in [2.75, 3.05) is 18.1 Å². The highest BCUT2D eigenvalue weighted by atomic mass is 32.2.